The van der Waals surface area contributed by atoms with Gasteiger partial charge in [-0.3, -0.25) is 0 Å². The third-order valence-corrected chi connectivity index (χ3v) is 4.66. The van der Waals surface area contributed by atoms with Crippen molar-refractivity contribution in [1.82, 2.24) is 5.32 Å². The summed E-state index contributed by atoms with van der Waals surface area (Å²) in [5.74, 6) is 0.723. The molecule has 104 valence electrons. The van der Waals surface area contributed by atoms with Crippen LogP contribution in [0.5, 0.6) is 0 Å². The molecule has 0 bridgehead atoms. The lowest BCUT2D eigenvalue weighted by molar-refractivity contribution is -0.176. The first-order valence-electron chi connectivity index (χ1n) is 7.55. The van der Waals surface area contributed by atoms with Crippen LogP contribution < -0.4 is 5.32 Å². The molecule has 1 saturated heterocycles. The zero-order chi connectivity index (χ0) is 13.3. The minimum atomic E-state index is -0.0160. The summed E-state index contributed by atoms with van der Waals surface area (Å²) in [7, 11) is 0. The summed E-state index contributed by atoms with van der Waals surface area (Å²) < 4.78 is 6.42. The van der Waals surface area contributed by atoms with E-state index in [1.807, 2.05) is 0 Å². The zero-order valence-electron chi connectivity index (χ0n) is 12.1. The number of rotatable bonds is 1. The van der Waals surface area contributed by atoms with Gasteiger partial charge in [-0.2, -0.15) is 0 Å². The minimum absolute atomic E-state index is 0.0160. The van der Waals surface area contributed by atoms with Crippen molar-refractivity contribution in [3.63, 3.8) is 0 Å². The topological polar surface area (TPSA) is 21.3 Å². The summed E-state index contributed by atoms with van der Waals surface area (Å²) in [6, 6.07) is 11.0. The molecule has 2 nitrogen and oxygen atoms in total. The van der Waals surface area contributed by atoms with Gasteiger partial charge in [-0.25, -0.2) is 0 Å². The minimum Gasteiger partial charge on any atom is -0.366 e. The van der Waals surface area contributed by atoms with E-state index in [4.69, 9.17) is 4.74 Å². The third-order valence-electron chi connectivity index (χ3n) is 4.66. The molecule has 0 amide bonds. The van der Waals surface area contributed by atoms with Gasteiger partial charge in [0.1, 0.15) is 0 Å². The lowest BCUT2D eigenvalue weighted by Crippen LogP contribution is -2.59. The maximum Gasteiger partial charge on any atom is 0.0814 e. The highest BCUT2D eigenvalue weighted by Crippen LogP contribution is 2.42. The quantitative estimate of drug-likeness (QED) is 0.833. The monoisotopic (exact) mass is 259 g/mol. The lowest BCUT2D eigenvalue weighted by atomic mass is 9.75. The van der Waals surface area contributed by atoms with Crippen LogP contribution in [0.2, 0.25) is 0 Å². The molecular formula is C17H25NO. The van der Waals surface area contributed by atoms with Crippen molar-refractivity contribution >= 4 is 0 Å². The second-order valence-electron chi connectivity index (χ2n) is 6.83. The van der Waals surface area contributed by atoms with E-state index in [0.717, 1.165) is 19.0 Å². The van der Waals surface area contributed by atoms with Gasteiger partial charge >= 0.3 is 0 Å². The van der Waals surface area contributed by atoms with Crippen molar-refractivity contribution in [2.45, 2.75) is 56.7 Å². The van der Waals surface area contributed by atoms with Crippen LogP contribution in [0.4, 0.5) is 0 Å². The molecule has 3 rings (SSSR count). The highest BCUT2D eigenvalue weighted by Gasteiger charge is 2.43. The SMILES string of the molecule is CC1(C)CNCC2(CCC(c3ccccc3)CC2)O1. The Morgan fingerprint density at radius 2 is 1.74 bits per heavy atom. The van der Waals surface area contributed by atoms with Gasteiger partial charge in [0.25, 0.3) is 0 Å². The van der Waals surface area contributed by atoms with Crippen LogP contribution >= 0.6 is 0 Å². The molecule has 1 saturated carbocycles. The summed E-state index contributed by atoms with van der Waals surface area (Å²) in [6.45, 7) is 6.39. The fourth-order valence-electron chi connectivity index (χ4n) is 3.73. The Morgan fingerprint density at radius 3 is 2.37 bits per heavy atom. The average Bonchev–Trinajstić information content (AvgIpc) is 2.39. The van der Waals surface area contributed by atoms with Crippen LogP contribution in [0.1, 0.15) is 51.0 Å². The smallest absolute Gasteiger partial charge is 0.0814 e. The molecule has 1 heterocycles. The van der Waals surface area contributed by atoms with Gasteiger partial charge in [-0.15, -0.1) is 0 Å². The maximum absolute atomic E-state index is 6.42. The number of hydrogen-bond donors (Lipinski definition) is 1. The summed E-state index contributed by atoms with van der Waals surface area (Å²) in [6.07, 6.45) is 4.87. The van der Waals surface area contributed by atoms with Crippen molar-refractivity contribution in [3.8, 4) is 0 Å². The first-order valence-corrected chi connectivity index (χ1v) is 7.55. The molecule has 1 aliphatic carbocycles. The van der Waals surface area contributed by atoms with E-state index in [-0.39, 0.29) is 11.2 Å². The molecule has 0 atom stereocenters. The molecule has 1 spiro atoms. The summed E-state index contributed by atoms with van der Waals surface area (Å²) >= 11 is 0. The number of benzene rings is 1. The summed E-state index contributed by atoms with van der Waals surface area (Å²) in [5.41, 5.74) is 1.57. The third kappa shape index (κ3) is 2.85. The molecule has 2 heteroatoms. The molecule has 2 aliphatic rings. The second kappa shape index (κ2) is 4.92. The Balaban J connectivity index is 1.66. The Labute approximate surface area is 116 Å². The number of morpholine rings is 1. The number of ether oxygens (including phenoxy) is 1. The summed E-state index contributed by atoms with van der Waals surface area (Å²) in [5, 5.41) is 3.57. The molecule has 1 aliphatic heterocycles. The standard InChI is InChI=1S/C17H25NO/c1-16(2)12-18-13-17(19-16)10-8-15(9-11-17)14-6-4-3-5-7-14/h3-7,15,18H,8-13H2,1-2H3. The first-order chi connectivity index (χ1) is 9.09. The first kappa shape index (κ1) is 13.1. The van der Waals surface area contributed by atoms with Crippen LogP contribution in [0.3, 0.4) is 0 Å². The fourth-order valence-corrected chi connectivity index (χ4v) is 3.73. The van der Waals surface area contributed by atoms with Crippen molar-refractivity contribution in [2.75, 3.05) is 13.1 Å². The van der Waals surface area contributed by atoms with Gasteiger partial charge < -0.3 is 10.1 Å². The van der Waals surface area contributed by atoms with Crippen LogP contribution in [-0.4, -0.2) is 24.3 Å². The Bertz CT molecular complexity index is 418. The largest absolute Gasteiger partial charge is 0.366 e. The maximum atomic E-state index is 6.42. The van der Waals surface area contributed by atoms with Crippen LogP contribution in [0.15, 0.2) is 30.3 Å². The molecule has 0 aromatic heterocycles. The van der Waals surface area contributed by atoms with Gasteiger partial charge in [0.05, 0.1) is 11.2 Å². The zero-order valence-corrected chi connectivity index (χ0v) is 12.1. The van der Waals surface area contributed by atoms with E-state index < -0.39 is 0 Å². The van der Waals surface area contributed by atoms with Crippen molar-refractivity contribution < 1.29 is 4.74 Å². The molecular weight excluding hydrogens is 234 g/mol. The van der Waals surface area contributed by atoms with Gasteiger partial charge in [0.2, 0.25) is 0 Å². The number of hydrogen-bond acceptors (Lipinski definition) is 2. The predicted octanol–water partition coefficient (Wildman–Crippen LogP) is 3.48. The van der Waals surface area contributed by atoms with E-state index in [0.29, 0.717) is 0 Å². The van der Waals surface area contributed by atoms with Crippen LogP contribution in [-0.2, 0) is 4.74 Å². The lowest BCUT2D eigenvalue weighted by Gasteiger charge is -2.49. The Hall–Kier alpha value is -0.860. The molecule has 2 fully saturated rings. The average molecular weight is 259 g/mol. The molecule has 1 N–H and O–H groups in total. The molecule has 0 unspecified atom stereocenters. The molecule has 1 aromatic carbocycles. The molecule has 1 aromatic rings. The molecule has 19 heavy (non-hydrogen) atoms. The van der Waals surface area contributed by atoms with Gasteiger partial charge in [0, 0.05) is 13.1 Å². The van der Waals surface area contributed by atoms with Gasteiger partial charge in [0.15, 0.2) is 0 Å². The van der Waals surface area contributed by atoms with E-state index >= 15 is 0 Å². The normalized spacial score (nSPS) is 34.3. The second-order valence-corrected chi connectivity index (χ2v) is 6.83. The Morgan fingerprint density at radius 1 is 1.05 bits per heavy atom. The van der Waals surface area contributed by atoms with Crippen molar-refractivity contribution in [2.24, 2.45) is 0 Å². The van der Waals surface area contributed by atoms with E-state index in [2.05, 4.69) is 49.5 Å². The predicted molar refractivity (Wildman–Crippen MR) is 78.4 cm³/mol. The highest BCUT2D eigenvalue weighted by atomic mass is 16.5. The van der Waals surface area contributed by atoms with E-state index in [1.54, 1.807) is 0 Å². The number of nitrogens with one attached hydrogen (secondary N) is 1. The van der Waals surface area contributed by atoms with Crippen molar-refractivity contribution in [1.29, 1.82) is 0 Å². The van der Waals surface area contributed by atoms with Crippen LogP contribution in [0.25, 0.3) is 0 Å². The van der Waals surface area contributed by atoms with E-state index in [9.17, 15) is 0 Å². The van der Waals surface area contributed by atoms with Gasteiger partial charge in [-0.1, -0.05) is 30.3 Å². The molecule has 0 radical (unpaired) electrons. The summed E-state index contributed by atoms with van der Waals surface area (Å²) in [4.78, 5) is 0. The van der Waals surface area contributed by atoms with Gasteiger partial charge in [-0.05, 0) is 51.0 Å². The highest BCUT2D eigenvalue weighted by molar-refractivity contribution is 5.20. The van der Waals surface area contributed by atoms with Crippen LogP contribution in [0, 0.1) is 0 Å². The van der Waals surface area contributed by atoms with E-state index in [1.165, 1.54) is 31.2 Å². The fraction of sp³-hybridized carbons (Fsp3) is 0.647. The Kier molecular flexibility index (Phi) is 3.40. The van der Waals surface area contributed by atoms with Crippen molar-refractivity contribution in [3.05, 3.63) is 35.9 Å².